The van der Waals surface area contributed by atoms with Crippen LogP contribution in [0.25, 0.3) is 0 Å². The van der Waals surface area contributed by atoms with Crippen LogP contribution in [0.1, 0.15) is 64.2 Å². The minimum atomic E-state index is -2.20. The van der Waals surface area contributed by atoms with E-state index in [9.17, 15) is 0 Å². The Kier molecular flexibility index (Phi) is 9.35. The van der Waals surface area contributed by atoms with Gasteiger partial charge in [-0.3, -0.25) is 0 Å². The van der Waals surface area contributed by atoms with Crippen molar-refractivity contribution in [3.8, 4) is 5.75 Å². The molecule has 0 aromatic carbocycles. The van der Waals surface area contributed by atoms with Crippen molar-refractivity contribution in [3.63, 3.8) is 0 Å². The SMILES string of the molecule is CCC[CH2][Sn]([CH2]CCC)([CH2]CCC)[c]1cc(OC)c(C)s1. The van der Waals surface area contributed by atoms with Crippen molar-refractivity contribution in [1.29, 1.82) is 0 Å². The molecule has 0 spiro atoms. The van der Waals surface area contributed by atoms with Gasteiger partial charge in [0.1, 0.15) is 0 Å². The molecule has 0 aliphatic rings. The molecule has 0 bridgehead atoms. The van der Waals surface area contributed by atoms with Crippen LogP contribution in [0.3, 0.4) is 0 Å². The van der Waals surface area contributed by atoms with Gasteiger partial charge in [0.2, 0.25) is 0 Å². The second kappa shape index (κ2) is 10.1. The van der Waals surface area contributed by atoms with Gasteiger partial charge in [0.25, 0.3) is 0 Å². The van der Waals surface area contributed by atoms with Gasteiger partial charge in [-0.2, -0.15) is 0 Å². The number of ether oxygens (including phenoxy) is 1. The molecule has 0 N–H and O–H groups in total. The predicted molar refractivity (Wildman–Crippen MR) is 100 cm³/mol. The molecule has 1 nitrogen and oxygen atoms in total. The molecular formula is C18H34OSSn. The fourth-order valence-corrected chi connectivity index (χ4v) is 23.7. The average Bonchev–Trinajstić information content (AvgIpc) is 2.88. The van der Waals surface area contributed by atoms with Crippen LogP contribution in [0.4, 0.5) is 0 Å². The molecule has 0 aliphatic heterocycles. The summed E-state index contributed by atoms with van der Waals surface area (Å²) in [4.78, 5) is 1.39. The monoisotopic (exact) mass is 418 g/mol. The molecule has 1 heterocycles. The summed E-state index contributed by atoms with van der Waals surface area (Å²) in [5, 5.41) is 0. The molecule has 122 valence electrons. The molecule has 1 aromatic heterocycles. The Morgan fingerprint density at radius 2 is 1.43 bits per heavy atom. The van der Waals surface area contributed by atoms with Crippen molar-refractivity contribution < 1.29 is 4.74 Å². The molecule has 0 amide bonds. The summed E-state index contributed by atoms with van der Waals surface area (Å²) in [6.45, 7) is 9.26. The summed E-state index contributed by atoms with van der Waals surface area (Å²) >= 11 is -0.138. The normalized spacial score (nSPS) is 11.9. The molecule has 3 heteroatoms. The number of methoxy groups -OCH3 is 1. The number of rotatable bonds is 11. The van der Waals surface area contributed by atoms with E-state index in [2.05, 4.69) is 45.1 Å². The summed E-state index contributed by atoms with van der Waals surface area (Å²) < 4.78 is 12.0. The standard InChI is InChI=1S/C6H7OS.3C4H9.Sn/c1-5-6(7-2)3-4-8-5;3*1-3-4-2;/h3H,1-2H3;3*1,3-4H2,2H3;. The van der Waals surface area contributed by atoms with Gasteiger partial charge in [-0.1, -0.05) is 0 Å². The summed E-state index contributed by atoms with van der Waals surface area (Å²) in [7, 11) is 1.82. The predicted octanol–water partition coefficient (Wildman–Crippen LogP) is 6.12. The van der Waals surface area contributed by atoms with E-state index in [1.54, 1.807) is 16.2 Å². The van der Waals surface area contributed by atoms with Gasteiger partial charge in [0.15, 0.2) is 0 Å². The van der Waals surface area contributed by atoms with Crippen molar-refractivity contribution in [2.45, 2.75) is 79.5 Å². The van der Waals surface area contributed by atoms with Gasteiger partial charge in [-0.05, 0) is 0 Å². The first kappa shape index (κ1) is 19.3. The number of unbranched alkanes of at least 4 members (excludes halogenated alkanes) is 3. The van der Waals surface area contributed by atoms with E-state index in [-0.39, 0.29) is 0 Å². The van der Waals surface area contributed by atoms with Gasteiger partial charge in [-0.15, -0.1) is 0 Å². The maximum absolute atomic E-state index is 5.58. The topological polar surface area (TPSA) is 9.23 Å². The average molecular weight is 417 g/mol. The molecule has 0 unspecified atom stereocenters. The fourth-order valence-electron chi connectivity index (χ4n) is 3.22. The van der Waals surface area contributed by atoms with Gasteiger partial charge in [0.05, 0.1) is 0 Å². The number of thiophene rings is 1. The Morgan fingerprint density at radius 1 is 0.952 bits per heavy atom. The first-order valence-corrected chi connectivity index (χ1v) is 17.1. The minimum absolute atomic E-state index is 1.14. The van der Waals surface area contributed by atoms with Crippen molar-refractivity contribution >= 4 is 32.6 Å². The Labute approximate surface area is 140 Å². The first-order valence-electron chi connectivity index (χ1n) is 8.78. The second-order valence-electron chi connectivity index (χ2n) is 6.33. The summed E-state index contributed by atoms with van der Waals surface area (Å²) in [6, 6.07) is 2.43. The van der Waals surface area contributed by atoms with Gasteiger partial charge >= 0.3 is 141 Å². The Hall–Kier alpha value is 0.299. The molecule has 0 radical (unpaired) electrons. The quantitative estimate of drug-likeness (QED) is 0.394. The van der Waals surface area contributed by atoms with Crippen LogP contribution in [-0.4, -0.2) is 25.5 Å². The molecule has 1 rings (SSSR count). The zero-order valence-corrected chi connectivity index (χ0v) is 18.4. The summed E-state index contributed by atoms with van der Waals surface area (Å²) in [6.07, 6.45) is 8.34. The Balaban J connectivity index is 3.09. The van der Waals surface area contributed by atoms with E-state index < -0.39 is 18.4 Å². The number of hydrogen-bond donors (Lipinski definition) is 0. The molecule has 21 heavy (non-hydrogen) atoms. The van der Waals surface area contributed by atoms with Gasteiger partial charge in [0, 0.05) is 0 Å². The molecule has 0 atom stereocenters. The molecule has 0 saturated heterocycles. The zero-order chi connectivity index (χ0) is 15.7. The number of hydrogen-bond acceptors (Lipinski definition) is 2. The van der Waals surface area contributed by atoms with Crippen LogP contribution in [-0.2, 0) is 0 Å². The van der Waals surface area contributed by atoms with Crippen LogP contribution in [0.2, 0.25) is 13.3 Å². The van der Waals surface area contributed by atoms with Crippen molar-refractivity contribution in [2.75, 3.05) is 7.11 Å². The Morgan fingerprint density at radius 3 is 1.76 bits per heavy atom. The summed E-state index contributed by atoms with van der Waals surface area (Å²) in [5.74, 6) is 1.14. The zero-order valence-electron chi connectivity index (χ0n) is 14.8. The first-order chi connectivity index (χ1) is 10.1. The van der Waals surface area contributed by atoms with Crippen LogP contribution in [0.5, 0.6) is 5.75 Å². The van der Waals surface area contributed by atoms with Crippen molar-refractivity contribution in [2.24, 2.45) is 0 Å². The van der Waals surface area contributed by atoms with Crippen LogP contribution < -0.4 is 7.63 Å². The van der Waals surface area contributed by atoms with E-state index in [4.69, 9.17) is 4.74 Å². The van der Waals surface area contributed by atoms with Crippen LogP contribution >= 0.6 is 11.3 Å². The third-order valence-electron chi connectivity index (χ3n) is 4.64. The molecule has 0 aliphatic carbocycles. The molecular weight excluding hydrogens is 383 g/mol. The molecule has 0 saturated carbocycles. The summed E-state index contributed by atoms with van der Waals surface area (Å²) in [5.41, 5.74) is 0. The molecule has 1 aromatic rings. The van der Waals surface area contributed by atoms with Crippen LogP contribution in [0.15, 0.2) is 6.07 Å². The maximum atomic E-state index is 5.58. The number of aryl methyl sites for hydroxylation is 1. The van der Waals surface area contributed by atoms with E-state index in [0.717, 1.165) is 5.75 Å². The van der Waals surface area contributed by atoms with E-state index in [1.165, 1.54) is 43.4 Å². The van der Waals surface area contributed by atoms with E-state index in [1.807, 2.05) is 7.11 Å². The second-order valence-corrected chi connectivity index (χ2v) is 21.7. The van der Waals surface area contributed by atoms with Crippen molar-refractivity contribution in [3.05, 3.63) is 10.9 Å². The Bertz CT molecular complexity index is 378. The van der Waals surface area contributed by atoms with Crippen LogP contribution in [0, 0.1) is 6.92 Å². The van der Waals surface area contributed by atoms with E-state index >= 15 is 0 Å². The van der Waals surface area contributed by atoms with Gasteiger partial charge in [-0.25, -0.2) is 0 Å². The third kappa shape index (κ3) is 5.45. The van der Waals surface area contributed by atoms with Gasteiger partial charge < -0.3 is 0 Å². The molecule has 0 fully saturated rings. The fraction of sp³-hybridized carbons (Fsp3) is 0.778. The van der Waals surface area contributed by atoms with E-state index in [0.29, 0.717) is 0 Å². The van der Waals surface area contributed by atoms with Crippen molar-refractivity contribution in [1.82, 2.24) is 0 Å². The third-order valence-corrected chi connectivity index (χ3v) is 23.9.